The molecule has 4 heteroatoms. The fraction of sp³-hybridized carbons (Fsp3) is 0.520. The highest BCUT2D eigenvalue weighted by molar-refractivity contribution is 6.02. The van der Waals surface area contributed by atoms with Crippen LogP contribution in [0.2, 0.25) is 0 Å². The molecule has 0 fully saturated rings. The minimum Gasteiger partial charge on any atom is -0.507 e. The van der Waals surface area contributed by atoms with Gasteiger partial charge < -0.3 is 5.11 Å². The number of hydrogen-bond donors (Lipinski definition) is 2. The molecule has 2 N–H and O–H groups in total. The number of fused-ring (bicyclic) bond motifs is 1. The molecule has 29 heavy (non-hydrogen) atoms. The summed E-state index contributed by atoms with van der Waals surface area (Å²) in [6.07, 6.45) is 16.0. The Hall–Kier alpha value is -2.36. The summed E-state index contributed by atoms with van der Waals surface area (Å²) in [4.78, 5) is 12.0. The van der Waals surface area contributed by atoms with Gasteiger partial charge in [0.15, 0.2) is 0 Å². The van der Waals surface area contributed by atoms with E-state index in [1.54, 1.807) is 6.07 Å². The average Bonchev–Trinajstić information content (AvgIpc) is 2.73. The SMILES string of the molecule is CCCCCCCCCCCCCC(=O)N/N=C/c1c(O)ccc2ccccc12. The van der Waals surface area contributed by atoms with Gasteiger partial charge in [-0.25, -0.2) is 5.43 Å². The van der Waals surface area contributed by atoms with E-state index in [1.165, 1.54) is 64.0 Å². The Labute approximate surface area is 175 Å². The minimum atomic E-state index is -0.0723. The fourth-order valence-electron chi connectivity index (χ4n) is 3.59. The van der Waals surface area contributed by atoms with E-state index in [0.717, 1.165) is 23.6 Å². The van der Waals surface area contributed by atoms with Crippen LogP contribution in [0.5, 0.6) is 5.75 Å². The van der Waals surface area contributed by atoms with Gasteiger partial charge in [0.1, 0.15) is 5.75 Å². The number of unbranched alkanes of at least 4 members (excludes halogenated alkanes) is 10. The monoisotopic (exact) mass is 396 g/mol. The zero-order chi connectivity index (χ0) is 20.7. The summed E-state index contributed by atoms with van der Waals surface area (Å²) in [5, 5.41) is 16.1. The van der Waals surface area contributed by atoms with Gasteiger partial charge >= 0.3 is 0 Å². The third-order valence-corrected chi connectivity index (χ3v) is 5.34. The molecule has 0 aliphatic heterocycles. The second-order valence-electron chi connectivity index (χ2n) is 7.80. The van der Waals surface area contributed by atoms with E-state index in [4.69, 9.17) is 0 Å². The second kappa shape index (κ2) is 13.8. The van der Waals surface area contributed by atoms with Crippen molar-refractivity contribution in [2.45, 2.75) is 84.0 Å². The number of hydrazone groups is 1. The smallest absolute Gasteiger partial charge is 0.240 e. The highest BCUT2D eigenvalue weighted by Gasteiger charge is 2.05. The van der Waals surface area contributed by atoms with Crippen molar-refractivity contribution in [1.29, 1.82) is 0 Å². The molecule has 0 aliphatic rings. The van der Waals surface area contributed by atoms with Gasteiger partial charge in [0.05, 0.1) is 6.21 Å². The topological polar surface area (TPSA) is 61.7 Å². The van der Waals surface area contributed by atoms with E-state index in [0.29, 0.717) is 12.0 Å². The molecule has 0 heterocycles. The van der Waals surface area contributed by atoms with Gasteiger partial charge in [-0.1, -0.05) is 101 Å². The number of benzene rings is 2. The molecule has 0 radical (unpaired) electrons. The first-order valence-electron chi connectivity index (χ1n) is 11.2. The molecule has 0 saturated heterocycles. The molecule has 0 atom stereocenters. The van der Waals surface area contributed by atoms with Crippen molar-refractivity contribution in [1.82, 2.24) is 5.43 Å². The van der Waals surface area contributed by atoms with E-state index in [1.807, 2.05) is 30.3 Å². The van der Waals surface area contributed by atoms with E-state index < -0.39 is 0 Å². The predicted octanol–water partition coefficient (Wildman–Crippen LogP) is 6.70. The summed E-state index contributed by atoms with van der Waals surface area (Å²) in [7, 11) is 0. The standard InChI is InChI=1S/C25H36N2O2/c1-2-3-4-5-6-7-8-9-10-11-12-17-25(29)27-26-20-23-22-16-14-13-15-21(22)18-19-24(23)28/h13-16,18-20,28H,2-12,17H2,1H3,(H,27,29)/b26-20+. The van der Waals surface area contributed by atoms with Crippen molar-refractivity contribution < 1.29 is 9.90 Å². The number of phenols is 1. The van der Waals surface area contributed by atoms with E-state index in [2.05, 4.69) is 17.5 Å². The number of nitrogens with zero attached hydrogens (tertiary/aromatic N) is 1. The molecule has 2 rings (SSSR count). The number of carbonyl (C=O) groups excluding carboxylic acids is 1. The third kappa shape index (κ3) is 8.68. The maximum absolute atomic E-state index is 12.0. The van der Waals surface area contributed by atoms with Crippen LogP contribution >= 0.6 is 0 Å². The molecule has 158 valence electrons. The first kappa shape index (κ1) is 22.9. The Morgan fingerprint density at radius 3 is 2.21 bits per heavy atom. The third-order valence-electron chi connectivity index (χ3n) is 5.34. The van der Waals surface area contributed by atoms with Gasteiger partial charge in [0, 0.05) is 12.0 Å². The molecule has 0 spiro atoms. The molecular weight excluding hydrogens is 360 g/mol. The summed E-state index contributed by atoms with van der Waals surface area (Å²) in [5.41, 5.74) is 3.20. The van der Waals surface area contributed by atoms with Crippen LogP contribution < -0.4 is 5.43 Å². The number of aromatic hydroxyl groups is 1. The molecule has 2 aromatic rings. The summed E-state index contributed by atoms with van der Waals surface area (Å²) in [6, 6.07) is 11.3. The Morgan fingerprint density at radius 1 is 0.897 bits per heavy atom. The van der Waals surface area contributed by atoms with Crippen molar-refractivity contribution in [3.63, 3.8) is 0 Å². The van der Waals surface area contributed by atoms with Crippen LogP contribution in [0.1, 0.15) is 89.5 Å². The largest absolute Gasteiger partial charge is 0.507 e. The molecule has 0 saturated carbocycles. The molecule has 0 unspecified atom stereocenters. The van der Waals surface area contributed by atoms with Gasteiger partial charge in [-0.15, -0.1) is 0 Å². The molecular formula is C25H36N2O2. The van der Waals surface area contributed by atoms with Gasteiger partial charge in [-0.05, 0) is 23.3 Å². The fourth-order valence-corrected chi connectivity index (χ4v) is 3.59. The Kier molecular flexibility index (Phi) is 10.9. The number of rotatable bonds is 14. The maximum atomic E-state index is 12.0. The highest BCUT2D eigenvalue weighted by Crippen LogP contribution is 2.25. The summed E-state index contributed by atoms with van der Waals surface area (Å²) >= 11 is 0. The minimum absolute atomic E-state index is 0.0723. The molecule has 0 bridgehead atoms. The number of amides is 1. The summed E-state index contributed by atoms with van der Waals surface area (Å²) in [6.45, 7) is 2.25. The van der Waals surface area contributed by atoms with Gasteiger partial charge in [0.2, 0.25) is 5.91 Å². The van der Waals surface area contributed by atoms with Gasteiger partial charge in [0.25, 0.3) is 0 Å². The second-order valence-corrected chi connectivity index (χ2v) is 7.80. The van der Waals surface area contributed by atoms with Crippen molar-refractivity contribution in [2.75, 3.05) is 0 Å². The number of carbonyl (C=O) groups is 1. The molecule has 0 aromatic heterocycles. The first-order valence-corrected chi connectivity index (χ1v) is 11.2. The zero-order valence-electron chi connectivity index (χ0n) is 17.8. The average molecular weight is 397 g/mol. The van der Waals surface area contributed by atoms with Gasteiger partial charge in [-0.3, -0.25) is 4.79 Å². The number of nitrogens with one attached hydrogen (secondary N) is 1. The van der Waals surface area contributed by atoms with E-state index >= 15 is 0 Å². The predicted molar refractivity (Wildman–Crippen MR) is 122 cm³/mol. The lowest BCUT2D eigenvalue weighted by molar-refractivity contribution is -0.121. The van der Waals surface area contributed by atoms with Gasteiger partial charge in [-0.2, -0.15) is 5.10 Å². The van der Waals surface area contributed by atoms with Crippen LogP contribution in [0.4, 0.5) is 0 Å². The Morgan fingerprint density at radius 2 is 1.52 bits per heavy atom. The molecule has 1 amide bonds. The molecule has 0 aliphatic carbocycles. The number of phenolic OH excluding ortho intramolecular Hbond substituents is 1. The lowest BCUT2D eigenvalue weighted by atomic mass is 10.0. The summed E-state index contributed by atoms with van der Waals surface area (Å²) < 4.78 is 0. The molecule has 2 aromatic carbocycles. The zero-order valence-corrected chi connectivity index (χ0v) is 17.8. The lowest BCUT2D eigenvalue weighted by Crippen LogP contribution is -2.16. The van der Waals surface area contributed by atoms with E-state index in [-0.39, 0.29) is 11.7 Å². The van der Waals surface area contributed by atoms with Crippen LogP contribution in [0.3, 0.4) is 0 Å². The van der Waals surface area contributed by atoms with Crippen molar-refractivity contribution in [2.24, 2.45) is 5.10 Å². The van der Waals surface area contributed by atoms with E-state index in [9.17, 15) is 9.90 Å². The normalized spacial score (nSPS) is 11.3. The van der Waals surface area contributed by atoms with Crippen molar-refractivity contribution >= 4 is 22.9 Å². The maximum Gasteiger partial charge on any atom is 0.240 e. The van der Waals surface area contributed by atoms with Crippen LogP contribution in [-0.4, -0.2) is 17.2 Å². The first-order chi connectivity index (χ1) is 14.2. The van der Waals surface area contributed by atoms with Crippen LogP contribution in [0, 0.1) is 0 Å². The van der Waals surface area contributed by atoms with Crippen LogP contribution in [0.15, 0.2) is 41.5 Å². The van der Waals surface area contributed by atoms with Crippen molar-refractivity contribution in [3.8, 4) is 5.75 Å². The number of hydrogen-bond acceptors (Lipinski definition) is 3. The summed E-state index contributed by atoms with van der Waals surface area (Å²) in [5.74, 6) is 0.0870. The Bertz CT molecular complexity index is 771. The molecule has 4 nitrogen and oxygen atoms in total. The quantitative estimate of drug-likeness (QED) is 0.212. The van der Waals surface area contributed by atoms with Crippen LogP contribution in [-0.2, 0) is 4.79 Å². The lowest BCUT2D eigenvalue weighted by Gasteiger charge is -2.05. The van der Waals surface area contributed by atoms with Crippen LogP contribution in [0.25, 0.3) is 10.8 Å². The van der Waals surface area contributed by atoms with Crippen molar-refractivity contribution in [3.05, 3.63) is 42.0 Å². The highest BCUT2D eigenvalue weighted by atomic mass is 16.3. The Balaban J connectivity index is 1.58.